The zero-order chi connectivity index (χ0) is 15.4. The van der Waals surface area contributed by atoms with Gasteiger partial charge in [0.25, 0.3) is 0 Å². The molecule has 0 spiro atoms. The Bertz CT molecular complexity index is 842. The number of benzene rings is 4. The molecule has 0 saturated heterocycles. The van der Waals surface area contributed by atoms with E-state index in [4.69, 9.17) is 0 Å². The summed E-state index contributed by atoms with van der Waals surface area (Å²) in [6.45, 7) is 0. The van der Waals surface area contributed by atoms with Crippen LogP contribution in [0, 0.1) is 0 Å². The summed E-state index contributed by atoms with van der Waals surface area (Å²) in [5.74, 6) is 0.146. The fourth-order valence-corrected chi connectivity index (χ4v) is 2.33. The van der Waals surface area contributed by atoms with Crippen molar-refractivity contribution >= 4 is 59.3 Å². The van der Waals surface area contributed by atoms with Crippen LogP contribution in [0.5, 0.6) is 11.5 Å². The Balaban J connectivity index is 0.000000160. The molecule has 0 aliphatic heterocycles. The van der Waals surface area contributed by atoms with E-state index in [9.17, 15) is 10.2 Å². The van der Waals surface area contributed by atoms with Crippen molar-refractivity contribution in [1.82, 2.24) is 0 Å². The molecule has 0 fully saturated rings. The van der Waals surface area contributed by atoms with Gasteiger partial charge in [-0.15, -0.1) is 11.5 Å². The van der Waals surface area contributed by atoms with Gasteiger partial charge in [-0.3, -0.25) is 0 Å². The molecule has 0 N–H and O–H groups in total. The van der Waals surface area contributed by atoms with Gasteiger partial charge >= 0.3 is 37.7 Å². The van der Waals surface area contributed by atoms with Crippen LogP contribution >= 0.6 is 0 Å². The average molecular weight is 326 g/mol. The Kier molecular flexibility index (Phi) is 6.28. The van der Waals surface area contributed by atoms with E-state index in [0.29, 0.717) is 0 Å². The quantitative estimate of drug-likeness (QED) is 0.465. The molecule has 0 radical (unpaired) electrons. The van der Waals surface area contributed by atoms with E-state index in [2.05, 4.69) is 0 Å². The SMILES string of the molecule is [Ca+2].[O-]c1ccc2ccccc2c1.[O-]c1ccc2ccccc2c1. The van der Waals surface area contributed by atoms with E-state index in [1.165, 1.54) is 0 Å². The van der Waals surface area contributed by atoms with Gasteiger partial charge in [0.1, 0.15) is 0 Å². The molecular weight excluding hydrogens is 312 g/mol. The summed E-state index contributed by atoms with van der Waals surface area (Å²) in [4.78, 5) is 0. The van der Waals surface area contributed by atoms with Crippen molar-refractivity contribution in [1.29, 1.82) is 0 Å². The van der Waals surface area contributed by atoms with E-state index >= 15 is 0 Å². The van der Waals surface area contributed by atoms with E-state index in [1.54, 1.807) is 24.3 Å². The van der Waals surface area contributed by atoms with Crippen LogP contribution in [0.1, 0.15) is 0 Å². The minimum Gasteiger partial charge on any atom is -0.872 e. The van der Waals surface area contributed by atoms with Gasteiger partial charge in [-0.05, 0) is 21.5 Å². The number of fused-ring (bicyclic) bond motifs is 2. The van der Waals surface area contributed by atoms with Crippen LogP contribution in [0.3, 0.4) is 0 Å². The van der Waals surface area contributed by atoms with Crippen molar-refractivity contribution in [3.8, 4) is 11.5 Å². The summed E-state index contributed by atoms with van der Waals surface area (Å²) < 4.78 is 0. The zero-order valence-corrected chi connectivity index (χ0v) is 14.8. The maximum atomic E-state index is 10.9. The van der Waals surface area contributed by atoms with E-state index in [1.807, 2.05) is 60.7 Å². The van der Waals surface area contributed by atoms with Crippen LogP contribution in [0.25, 0.3) is 21.5 Å². The molecule has 23 heavy (non-hydrogen) atoms. The molecule has 0 bridgehead atoms. The number of hydrogen-bond donors (Lipinski definition) is 0. The normalized spacial score (nSPS) is 9.74. The first-order chi connectivity index (χ1) is 10.7. The molecule has 0 unspecified atom stereocenters. The molecule has 0 aliphatic rings. The molecule has 4 rings (SSSR count). The van der Waals surface area contributed by atoms with Crippen molar-refractivity contribution in [3.05, 3.63) is 84.9 Å². The molecule has 0 aliphatic carbocycles. The van der Waals surface area contributed by atoms with Gasteiger partial charge in [0, 0.05) is 0 Å². The molecule has 0 saturated carbocycles. The first-order valence-electron chi connectivity index (χ1n) is 7.04. The summed E-state index contributed by atoms with van der Waals surface area (Å²) in [6, 6.07) is 25.8. The minimum absolute atomic E-state index is 0. The van der Waals surface area contributed by atoms with Crippen molar-refractivity contribution < 1.29 is 10.2 Å². The van der Waals surface area contributed by atoms with Crippen LogP contribution in [0.2, 0.25) is 0 Å². The molecule has 2 nitrogen and oxygen atoms in total. The minimum atomic E-state index is 0. The summed E-state index contributed by atoms with van der Waals surface area (Å²) in [7, 11) is 0. The van der Waals surface area contributed by atoms with Crippen LogP contribution < -0.4 is 10.2 Å². The Morgan fingerprint density at radius 1 is 0.435 bits per heavy atom. The van der Waals surface area contributed by atoms with Crippen molar-refractivity contribution in [3.63, 3.8) is 0 Å². The molecular formula is C20H14CaO2. The summed E-state index contributed by atoms with van der Waals surface area (Å²) in [5.41, 5.74) is 0. The van der Waals surface area contributed by atoms with Crippen LogP contribution in [-0.2, 0) is 0 Å². The average Bonchev–Trinajstić information content (AvgIpc) is 2.55. The van der Waals surface area contributed by atoms with Crippen LogP contribution in [0.4, 0.5) is 0 Å². The number of rotatable bonds is 0. The molecule has 0 aromatic heterocycles. The fraction of sp³-hybridized carbons (Fsp3) is 0. The Labute approximate surface area is 165 Å². The van der Waals surface area contributed by atoms with Gasteiger partial charge in [-0.25, -0.2) is 0 Å². The molecule has 0 heterocycles. The van der Waals surface area contributed by atoms with E-state index < -0.39 is 0 Å². The first-order valence-corrected chi connectivity index (χ1v) is 7.04. The van der Waals surface area contributed by atoms with Crippen LogP contribution in [-0.4, -0.2) is 37.7 Å². The molecule has 0 amide bonds. The standard InChI is InChI=1S/2C10H8O.Ca/c2*11-10-6-5-8-3-1-2-4-9(8)7-10;/h2*1-7,11H;/q;;+2/p-2. The maximum Gasteiger partial charge on any atom is 2.00 e. The third-order valence-electron chi connectivity index (χ3n) is 3.44. The van der Waals surface area contributed by atoms with Gasteiger partial charge in [0.05, 0.1) is 0 Å². The third kappa shape index (κ3) is 4.61. The molecule has 4 aromatic rings. The van der Waals surface area contributed by atoms with Crippen LogP contribution in [0.15, 0.2) is 84.9 Å². The summed E-state index contributed by atoms with van der Waals surface area (Å²) in [5, 5.41) is 26.0. The molecule has 0 atom stereocenters. The summed E-state index contributed by atoms with van der Waals surface area (Å²) in [6.07, 6.45) is 0. The fourth-order valence-electron chi connectivity index (χ4n) is 2.33. The summed E-state index contributed by atoms with van der Waals surface area (Å²) >= 11 is 0. The maximum absolute atomic E-state index is 10.9. The second-order valence-corrected chi connectivity index (χ2v) is 5.02. The second kappa shape index (κ2) is 8.21. The van der Waals surface area contributed by atoms with E-state index in [-0.39, 0.29) is 49.2 Å². The smallest absolute Gasteiger partial charge is 0.872 e. The third-order valence-corrected chi connectivity index (χ3v) is 3.44. The van der Waals surface area contributed by atoms with Crippen molar-refractivity contribution in [2.75, 3.05) is 0 Å². The molecule has 3 heteroatoms. The Hall–Kier alpha value is -1.74. The predicted molar refractivity (Wildman–Crippen MR) is 92.5 cm³/mol. The first kappa shape index (κ1) is 17.6. The van der Waals surface area contributed by atoms with Gasteiger partial charge in [0.2, 0.25) is 0 Å². The van der Waals surface area contributed by atoms with Crippen molar-refractivity contribution in [2.24, 2.45) is 0 Å². The molecule has 4 aromatic carbocycles. The Morgan fingerprint density at radius 3 is 1.17 bits per heavy atom. The topological polar surface area (TPSA) is 46.1 Å². The largest absolute Gasteiger partial charge is 2.00 e. The Morgan fingerprint density at radius 2 is 0.783 bits per heavy atom. The van der Waals surface area contributed by atoms with E-state index in [0.717, 1.165) is 21.5 Å². The number of hydrogen-bond acceptors (Lipinski definition) is 2. The van der Waals surface area contributed by atoms with Gasteiger partial charge < -0.3 is 10.2 Å². The van der Waals surface area contributed by atoms with Gasteiger partial charge in [0.15, 0.2) is 0 Å². The monoisotopic (exact) mass is 326 g/mol. The zero-order valence-electron chi connectivity index (χ0n) is 12.6. The molecule has 108 valence electrons. The van der Waals surface area contributed by atoms with Crippen molar-refractivity contribution in [2.45, 2.75) is 0 Å². The predicted octanol–water partition coefficient (Wildman–Crippen LogP) is 3.45. The van der Waals surface area contributed by atoms with Gasteiger partial charge in [-0.2, -0.15) is 0 Å². The van der Waals surface area contributed by atoms with Gasteiger partial charge in [-0.1, -0.05) is 84.9 Å². The second-order valence-electron chi connectivity index (χ2n) is 5.02.